The summed E-state index contributed by atoms with van der Waals surface area (Å²) in [6.45, 7) is 1.10. The molecule has 2 heterocycles. The van der Waals surface area contributed by atoms with Gasteiger partial charge < -0.3 is 10.1 Å². The average molecular weight is 318 g/mol. The first-order valence-electron chi connectivity index (χ1n) is 8.10. The molecule has 1 amide bonds. The van der Waals surface area contributed by atoms with Crippen molar-refractivity contribution in [2.45, 2.75) is 19.1 Å². The van der Waals surface area contributed by atoms with Crippen LogP contribution in [0.5, 0.6) is 0 Å². The first-order chi connectivity index (χ1) is 11.8. The van der Waals surface area contributed by atoms with E-state index < -0.39 is 0 Å². The SMILES string of the molecule is O=C(NC[C@@H]1Cc2ccccc2CO1)c1cncc2ccccc12. The summed E-state index contributed by atoms with van der Waals surface area (Å²) in [6.07, 6.45) is 4.22. The van der Waals surface area contributed by atoms with Crippen LogP contribution in [0, 0.1) is 0 Å². The number of nitrogens with zero attached hydrogens (tertiary/aromatic N) is 1. The van der Waals surface area contributed by atoms with Gasteiger partial charge in [0.25, 0.3) is 5.91 Å². The van der Waals surface area contributed by atoms with Crippen molar-refractivity contribution in [3.8, 4) is 0 Å². The number of aromatic nitrogens is 1. The molecule has 120 valence electrons. The number of ether oxygens (including phenoxy) is 1. The van der Waals surface area contributed by atoms with Crippen LogP contribution in [0.25, 0.3) is 10.8 Å². The quantitative estimate of drug-likeness (QED) is 0.807. The Morgan fingerprint density at radius 1 is 1.08 bits per heavy atom. The molecular weight excluding hydrogens is 300 g/mol. The highest BCUT2D eigenvalue weighted by Crippen LogP contribution is 2.20. The highest BCUT2D eigenvalue weighted by Gasteiger charge is 2.20. The molecule has 1 aliphatic heterocycles. The van der Waals surface area contributed by atoms with Crippen molar-refractivity contribution < 1.29 is 9.53 Å². The third-order valence-electron chi connectivity index (χ3n) is 4.44. The van der Waals surface area contributed by atoms with Crippen LogP contribution in [0.3, 0.4) is 0 Å². The molecule has 24 heavy (non-hydrogen) atoms. The molecule has 1 aliphatic rings. The fourth-order valence-electron chi connectivity index (χ4n) is 3.14. The first kappa shape index (κ1) is 14.8. The molecule has 0 spiro atoms. The Bertz CT molecular complexity index is 886. The van der Waals surface area contributed by atoms with Crippen molar-refractivity contribution in [1.82, 2.24) is 10.3 Å². The number of carbonyl (C=O) groups excluding carboxylic acids is 1. The molecular formula is C20H18N2O2. The fourth-order valence-corrected chi connectivity index (χ4v) is 3.14. The van der Waals surface area contributed by atoms with E-state index in [2.05, 4.69) is 22.4 Å². The van der Waals surface area contributed by atoms with Gasteiger partial charge in [0.2, 0.25) is 0 Å². The summed E-state index contributed by atoms with van der Waals surface area (Å²) in [5.74, 6) is -0.109. The van der Waals surface area contributed by atoms with Gasteiger partial charge >= 0.3 is 0 Å². The number of rotatable bonds is 3. The van der Waals surface area contributed by atoms with Crippen molar-refractivity contribution in [3.05, 3.63) is 77.6 Å². The van der Waals surface area contributed by atoms with E-state index >= 15 is 0 Å². The van der Waals surface area contributed by atoms with Crippen LogP contribution in [-0.2, 0) is 17.8 Å². The number of carbonyl (C=O) groups is 1. The average Bonchev–Trinajstić information content (AvgIpc) is 2.65. The number of fused-ring (bicyclic) bond motifs is 2. The normalized spacial score (nSPS) is 16.6. The lowest BCUT2D eigenvalue weighted by Gasteiger charge is -2.25. The summed E-state index contributed by atoms with van der Waals surface area (Å²) < 4.78 is 5.85. The summed E-state index contributed by atoms with van der Waals surface area (Å²) >= 11 is 0. The molecule has 3 aromatic rings. The zero-order valence-corrected chi connectivity index (χ0v) is 13.2. The van der Waals surface area contributed by atoms with Gasteiger partial charge in [-0.25, -0.2) is 0 Å². The molecule has 0 bridgehead atoms. The van der Waals surface area contributed by atoms with Crippen LogP contribution in [0.4, 0.5) is 0 Å². The lowest BCUT2D eigenvalue weighted by atomic mass is 9.99. The van der Waals surface area contributed by atoms with E-state index in [4.69, 9.17) is 4.74 Å². The summed E-state index contributed by atoms with van der Waals surface area (Å²) in [5.41, 5.74) is 3.14. The largest absolute Gasteiger partial charge is 0.371 e. The van der Waals surface area contributed by atoms with Gasteiger partial charge in [0.15, 0.2) is 0 Å². The van der Waals surface area contributed by atoms with Gasteiger partial charge in [-0.15, -0.1) is 0 Å². The number of pyridine rings is 1. The third kappa shape index (κ3) is 2.88. The van der Waals surface area contributed by atoms with Crippen LogP contribution in [0.15, 0.2) is 60.9 Å². The van der Waals surface area contributed by atoms with E-state index in [1.807, 2.05) is 36.4 Å². The van der Waals surface area contributed by atoms with Crippen LogP contribution in [-0.4, -0.2) is 23.5 Å². The molecule has 0 radical (unpaired) electrons. The van der Waals surface area contributed by atoms with E-state index in [0.29, 0.717) is 18.7 Å². The third-order valence-corrected chi connectivity index (χ3v) is 4.44. The maximum Gasteiger partial charge on any atom is 0.253 e. The van der Waals surface area contributed by atoms with E-state index in [0.717, 1.165) is 17.2 Å². The second-order valence-corrected chi connectivity index (χ2v) is 6.02. The van der Waals surface area contributed by atoms with Crippen molar-refractivity contribution in [3.63, 3.8) is 0 Å². The predicted molar refractivity (Wildman–Crippen MR) is 92.8 cm³/mol. The van der Waals surface area contributed by atoms with Crippen LogP contribution in [0.1, 0.15) is 21.5 Å². The maximum atomic E-state index is 12.5. The standard InChI is InChI=1S/C20H18N2O2/c23-20(19-12-21-10-15-6-3-4-8-18(15)19)22-11-17-9-14-5-1-2-7-16(14)13-24-17/h1-8,10,12,17H,9,11,13H2,(H,22,23)/t17-/m0/s1. The molecule has 1 N–H and O–H groups in total. The molecule has 0 unspecified atom stereocenters. The Balaban J connectivity index is 1.45. The smallest absolute Gasteiger partial charge is 0.253 e. The summed E-state index contributed by atoms with van der Waals surface area (Å²) in [4.78, 5) is 16.7. The van der Waals surface area contributed by atoms with E-state index in [1.165, 1.54) is 11.1 Å². The fraction of sp³-hybridized carbons (Fsp3) is 0.200. The number of hydrogen-bond acceptors (Lipinski definition) is 3. The van der Waals surface area contributed by atoms with Gasteiger partial charge in [-0.05, 0) is 16.5 Å². The van der Waals surface area contributed by atoms with E-state index in [9.17, 15) is 4.79 Å². The predicted octanol–water partition coefficient (Wildman–Crippen LogP) is 3.11. The zero-order chi connectivity index (χ0) is 16.4. The summed E-state index contributed by atoms with van der Waals surface area (Å²) in [5, 5.41) is 4.87. The Kier molecular flexibility index (Phi) is 3.97. The van der Waals surface area contributed by atoms with Gasteiger partial charge in [0.05, 0.1) is 18.3 Å². The Labute approximate surface area is 140 Å². The first-order valence-corrected chi connectivity index (χ1v) is 8.10. The lowest BCUT2D eigenvalue weighted by Crippen LogP contribution is -2.36. The van der Waals surface area contributed by atoms with Crippen LogP contribution in [0.2, 0.25) is 0 Å². The lowest BCUT2D eigenvalue weighted by molar-refractivity contribution is 0.0285. The molecule has 0 fully saturated rings. The monoisotopic (exact) mass is 318 g/mol. The van der Waals surface area contributed by atoms with Gasteiger partial charge in [-0.2, -0.15) is 0 Å². The molecule has 0 aliphatic carbocycles. The van der Waals surface area contributed by atoms with Gasteiger partial charge in [-0.3, -0.25) is 9.78 Å². The highest BCUT2D eigenvalue weighted by molar-refractivity contribution is 6.06. The summed E-state index contributed by atoms with van der Waals surface area (Å²) in [6, 6.07) is 16.1. The van der Waals surface area contributed by atoms with Gasteiger partial charge in [0, 0.05) is 30.7 Å². The van der Waals surface area contributed by atoms with Crippen LogP contribution >= 0.6 is 0 Å². The van der Waals surface area contributed by atoms with Crippen molar-refractivity contribution in [2.24, 2.45) is 0 Å². The molecule has 1 aromatic heterocycles. The Morgan fingerprint density at radius 2 is 1.88 bits per heavy atom. The Morgan fingerprint density at radius 3 is 2.79 bits per heavy atom. The molecule has 4 heteroatoms. The van der Waals surface area contributed by atoms with Crippen molar-refractivity contribution in [1.29, 1.82) is 0 Å². The maximum absolute atomic E-state index is 12.5. The topological polar surface area (TPSA) is 51.2 Å². The number of nitrogens with one attached hydrogen (secondary N) is 1. The molecule has 1 atom stereocenters. The molecule has 4 rings (SSSR count). The number of hydrogen-bond donors (Lipinski definition) is 1. The second kappa shape index (κ2) is 6.42. The minimum atomic E-state index is -0.109. The minimum Gasteiger partial charge on any atom is -0.371 e. The minimum absolute atomic E-state index is 0.00628. The number of benzene rings is 2. The molecule has 0 saturated heterocycles. The van der Waals surface area contributed by atoms with Crippen molar-refractivity contribution >= 4 is 16.7 Å². The van der Waals surface area contributed by atoms with E-state index in [-0.39, 0.29) is 12.0 Å². The summed E-state index contributed by atoms with van der Waals surface area (Å²) in [7, 11) is 0. The molecule has 2 aromatic carbocycles. The zero-order valence-electron chi connectivity index (χ0n) is 13.2. The molecule has 4 nitrogen and oxygen atoms in total. The van der Waals surface area contributed by atoms with Crippen molar-refractivity contribution in [2.75, 3.05) is 6.54 Å². The number of amides is 1. The Hall–Kier alpha value is -2.72. The molecule has 0 saturated carbocycles. The highest BCUT2D eigenvalue weighted by atomic mass is 16.5. The second-order valence-electron chi connectivity index (χ2n) is 6.02. The van der Waals surface area contributed by atoms with Gasteiger partial charge in [0.1, 0.15) is 0 Å². The van der Waals surface area contributed by atoms with Gasteiger partial charge in [-0.1, -0.05) is 48.5 Å². The van der Waals surface area contributed by atoms with Crippen LogP contribution < -0.4 is 5.32 Å². The van der Waals surface area contributed by atoms with E-state index in [1.54, 1.807) is 12.4 Å².